The van der Waals surface area contributed by atoms with Gasteiger partial charge in [0.2, 0.25) is 5.88 Å². The molecule has 2 aromatic carbocycles. The molecule has 146 valence electrons. The highest BCUT2D eigenvalue weighted by atomic mass is 35.5. The Morgan fingerprint density at radius 2 is 1.66 bits per heavy atom. The van der Waals surface area contributed by atoms with Crippen LogP contribution in [-0.2, 0) is 10.0 Å². The van der Waals surface area contributed by atoms with E-state index >= 15 is 0 Å². The van der Waals surface area contributed by atoms with E-state index in [0.29, 0.717) is 23.1 Å². The van der Waals surface area contributed by atoms with Crippen LogP contribution in [0.2, 0.25) is 5.02 Å². The quantitative estimate of drug-likeness (QED) is 0.490. The predicted octanol–water partition coefficient (Wildman–Crippen LogP) is 4.51. The summed E-state index contributed by atoms with van der Waals surface area (Å²) in [6, 6.07) is 18.2. The highest BCUT2D eigenvalue weighted by Crippen LogP contribution is 2.26. The minimum absolute atomic E-state index is 0.0144. The van der Waals surface area contributed by atoms with Crippen molar-refractivity contribution in [3.63, 3.8) is 0 Å². The summed E-state index contributed by atoms with van der Waals surface area (Å²) >= 11 is 5.99. The monoisotopic (exact) mass is 426 g/mol. The summed E-state index contributed by atoms with van der Waals surface area (Å²) in [5, 5.41) is 0.155. The van der Waals surface area contributed by atoms with Crippen molar-refractivity contribution < 1.29 is 13.2 Å². The number of benzene rings is 2. The van der Waals surface area contributed by atoms with E-state index in [1.165, 1.54) is 18.5 Å². The number of hydrogen-bond acceptors (Lipinski definition) is 5. The second-order valence-corrected chi connectivity index (χ2v) is 8.03. The van der Waals surface area contributed by atoms with Gasteiger partial charge in [0, 0.05) is 24.1 Å². The SMILES string of the molecule is O=S(=O)(Nc1ccc(Oc2cc(-n3cccc3)ncn2)cc1)c1ccccc1Cl. The van der Waals surface area contributed by atoms with Crippen molar-refractivity contribution in [3.05, 3.63) is 90.5 Å². The zero-order chi connectivity index (χ0) is 20.3. The summed E-state index contributed by atoms with van der Waals surface area (Å²) in [4.78, 5) is 8.32. The van der Waals surface area contributed by atoms with Gasteiger partial charge in [-0.1, -0.05) is 23.7 Å². The molecule has 29 heavy (non-hydrogen) atoms. The number of nitrogens with one attached hydrogen (secondary N) is 1. The fourth-order valence-corrected chi connectivity index (χ4v) is 4.18. The molecule has 9 heteroatoms. The fourth-order valence-electron chi connectivity index (χ4n) is 2.60. The lowest BCUT2D eigenvalue weighted by Gasteiger charge is -2.10. The average Bonchev–Trinajstić information content (AvgIpc) is 3.25. The third kappa shape index (κ3) is 4.39. The van der Waals surface area contributed by atoms with Gasteiger partial charge in [-0.3, -0.25) is 4.72 Å². The molecule has 1 N–H and O–H groups in total. The van der Waals surface area contributed by atoms with Gasteiger partial charge in [0.05, 0.1) is 5.02 Å². The molecule has 0 unspecified atom stereocenters. The van der Waals surface area contributed by atoms with Gasteiger partial charge in [-0.15, -0.1) is 0 Å². The smallest absolute Gasteiger partial charge is 0.263 e. The van der Waals surface area contributed by atoms with E-state index in [0.717, 1.165) is 0 Å². The normalized spacial score (nSPS) is 11.2. The molecule has 4 rings (SSSR count). The van der Waals surface area contributed by atoms with Crippen LogP contribution >= 0.6 is 11.6 Å². The number of aromatic nitrogens is 3. The Hall–Kier alpha value is -3.36. The molecule has 0 aliphatic carbocycles. The summed E-state index contributed by atoms with van der Waals surface area (Å²) < 4.78 is 35.1. The Bertz CT molecular complexity index is 1230. The lowest BCUT2D eigenvalue weighted by molar-refractivity contribution is 0.461. The van der Waals surface area contributed by atoms with Crippen LogP contribution in [0.5, 0.6) is 11.6 Å². The van der Waals surface area contributed by atoms with E-state index in [1.54, 1.807) is 42.5 Å². The maximum Gasteiger partial charge on any atom is 0.263 e. The number of ether oxygens (including phenoxy) is 1. The number of sulfonamides is 1. The van der Waals surface area contributed by atoms with Crippen LogP contribution in [0.15, 0.2) is 90.3 Å². The molecule has 0 fully saturated rings. The van der Waals surface area contributed by atoms with Crippen LogP contribution < -0.4 is 9.46 Å². The zero-order valence-electron chi connectivity index (χ0n) is 14.9. The number of rotatable bonds is 6. The molecule has 0 atom stereocenters. The van der Waals surface area contributed by atoms with Gasteiger partial charge in [0.25, 0.3) is 10.0 Å². The molecule has 0 aliphatic heterocycles. The second kappa shape index (κ2) is 7.94. The molecule has 0 saturated heterocycles. The molecule has 0 saturated carbocycles. The Labute approximate surface area is 172 Å². The first-order valence-corrected chi connectivity index (χ1v) is 10.4. The minimum atomic E-state index is -3.79. The first-order valence-electron chi connectivity index (χ1n) is 8.52. The Morgan fingerprint density at radius 3 is 2.38 bits per heavy atom. The van der Waals surface area contributed by atoms with Gasteiger partial charge >= 0.3 is 0 Å². The molecular weight excluding hydrogens is 412 g/mol. The number of nitrogens with zero attached hydrogens (tertiary/aromatic N) is 3. The average molecular weight is 427 g/mol. The molecular formula is C20H15ClN4O3S. The van der Waals surface area contributed by atoms with Crippen molar-refractivity contribution in [1.82, 2.24) is 14.5 Å². The summed E-state index contributed by atoms with van der Waals surface area (Å²) in [5.41, 5.74) is 0.382. The van der Waals surface area contributed by atoms with E-state index in [9.17, 15) is 8.42 Å². The van der Waals surface area contributed by atoms with Crippen LogP contribution in [0.25, 0.3) is 5.82 Å². The van der Waals surface area contributed by atoms with E-state index in [1.807, 2.05) is 29.1 Å². The molecule has 0 aliphatic rings. The fraction of sp³-hybridized carbons (Fsp3) is 0. The third-order valence-electron chi connectivity index (χ3n) is 3.95. The van der Waals surface area contributed by atoms with E-state index in [4.69, 9.17) is 16.3 Å². The highest BCUT2D eigenvalue weighted by Gasteiger charge is 2.17. The van der Waals surface area contributed by atoms with Crippen molar-refractivity contribution in [1.29, 1.82) is 0 Å². The Morgan fingerprint density at radius 1 is 0.931 bits per heavy atom. The van der Waals surface area contributed by atoms with Gasteiger partial charge < -0.3 is 9.30 Å². The first kappa shape index (κ1) is 19.0. The lowest BCUT2D eigenvalue weighted by atomic mass is 10.3. The topological polar surface area (TPSA) is 86.1 Å². The molecule has 7 nitrogen and oxygen atoms in total. The molecule has 0 amide bonds. The van der Waals surface area contributed by atoms with Crippen LogP contribution in [0.3, 0.4) is 0 Å². The van der Waals surface area contributed by atoms with Crippen LogP contribution in [0, 0.1) is 0 Å². The van der Waals surface area contributed by atoms with Crippen molar-refractivity contribution in [2.45, 2.75) is 4.90 Å². The van der Waals surface area contributed by atoms with Gasteiger partial charge in [0.15, 0.2) is 0 Å². The maximum absolute atomic E-state index is 12.5. The minimum Gasteiger partial charge on any atom is -0.439 e. The van der Waals surface area contributed by atoms with E-state index in [-0.39, 0.29) is 9.92 Å². The molecule has 0 spiro atoms. The van der Waals surface area contributed by atoms with Crippen molar-refractivity contribution >= 4 is 27.3 Å². The van der Waals surface area contributed by atoms with Gasteiger partial charge in [-0.05, 0) is 48.5 Å². The summed E-state index contributed by atoms with van der Waals surface area (Å²) in [6.45, 7) is 0. The second-order valence-electron chi connectivity index (χ2n) is 5.97. The Kier molecular flexibility index (Phi) is 5.20. The van der Waals surface area contributed by atoms with E-state index in [2.05, 4.69) is 14.7 Å². The van der Waals surface area contributed by atoms with Gasteiger partial charge in [0.1, 0.15) is 22.8 Å². The zero-order valence-corrected chi connectivity index (χ0v) is 16.5. The Balaban J connectivity index is 1.49. The highest BCUT2D eigenvalue weighted by molar-refractivity contribution is 7.92. The van der Waals surface area contributed by atoms with Crippen molar-refractivity contribution in [2.24, 2.45) is 0 Å². The summed E-state index contributed by atoms with van der Waals surface area (Å²) in [7, 11) is -3.79. The van der Waals surface area contributed by atoms with Crippen LogP contribution in [0.1, 0.15) is 0 Å². The van der Waals surface area contributed by atoms with Crippen LogP contribution in [0.4, 0.5) is 5.69 Å². The summed E-state index contributed by atoms with van der Waals surface area (Å²) in [6.07, 6.45) is 5.15. The standard InChI is InChI=1S/C20H15ClN4O3S/c21-17-5-1-2-6-18(17)29(26,27)24-15-7-9-16(10-8-15)28-20-13-19(22-14-23-20)25-11-3-4-12-25/h1-14,24H. The lowest BCUT2D eigenvalue weighted by Crippen LogP contribution is -2.13. The van der Waals surface area contributed by atoms with Crippen molar-refractivity contribution in [2.75, 3.05) is 4.72 Å². The largest absolute Gasteiger partial charge is 0.439 e. The third-order valence-corrected chi connectivity index (χ3v) is 5.83. The molecule has 4 aromatic rings. The molecule has 0 bridgehead atoms. The first-order chi connectivity index (χ1) is 14.0. The van der Waals surface area contributed by atoms with Gasteiger partial charge in [-0.25, -0.2) is 18.4 Å². The predicted molar refractivity (Wildman–Crippen MR) is 110 cm³/mol. The maximum atomic E-state index is 12.5. The number of anilines is 1. The summed E-state index contributed by atoms with van der Waals surface area (Å²) in [5.74, 6) is 1.54. The molecule has 0 radical (unpaired) electrons. The van der Waals surface area contributed by atoms with E-state index < -0.39 is 10.0 Å². The van der Waals surface area contributed by atoms with Crippen LogP contribution in [-0.4, -0.2) is 23.0 Å². The molecule has 2 heterocycles. The number of halogens is 1. The van der Waals surface area contributed by atoms with Crippen molar-refractivity contribution in [3.8, 4) is 17.4 Å². The molecule has 2 aromatic heterocycles. The van der Waals surface area contributed by atoms with Gasteiger partial charge in [-0.2, -0.15) is 0 Å². The number of hydrogen-bond donors (Lipinski definition) is 1.